The maximum Gasteiger partial charge on any atom is 0.0772 e. The van der Waals surface area contributed by atoms with Gasteiger partial charge in [-0.25, -0.2) is 0 Å². The Morgan fingerprint density at radius 3 is 2.58 bits per heavy atom. The van der Waals surface area contributed by atoms with E-state index in [0.717, 1.165) is 12.8 Å². The van der Waals surface area contributed by atoms with Crippen molar-refractivity contribution in [2.45, 2.75) is 64.1 Å². The summed E-state index contributed by atoms with van der Waals surface area (Å²) in [5.74, 6) is 0. The minimum Gasteiger partial charge on any atom is -0.389 e. The molecule has 0 amide bonds. The SMILES string of the molecule is CC(C)N[C@H]1CCCC[C@@]1(C)O. The molecule has 0 heterocycles. The molecule has 0 aromatic carbocycles. The molecule has 2 nitrogen and oxygen atoms in total. The molecule has 0 aromatic heterocycles. The van der Waals surface area contributed by atoms with Crippen molar-refractivity contribution in [1.82, 2.24) is 5.32 Å². The molecule has 0 aliphatic heterocycles. The van der Waals surface area contributed by atoms with E-state index in [1.807, 2.05) is 6.92 Å². The lowest BCUT2D eigenvalue weighted by molar-refractivity contribution is -0.0126. The Morgan fingerprint density at radius 2 is 2.08 bits per heavy atom. The summed E-state index contributed by atoms with van der Waals surface area (Å²) in [6.07, 6.45) is 4.48. The van der Waals surface area contributed by atoms with Crippen molar-refractivity contribution < 1.29 is 5.11 Å². The van der Waals surface area contributed by atoms with Gasteiger partial charge in [0.2, 0.25) is 0 Å². The van der Waals surface area contributed by atoms with Crippen molar-refractivity contribution in [2.24, 2.45) is 0 Å². The number of nitrogens with one attached hydrogen (secondary N) is 1. The second kappa shape index (κ2) is 3.75. The van der Waals surface area contributed by atoms with Crippen LogP contribution in [0.2, 0.25) is 0 Å². The fourth-order valence-corrected chi connectivity index (χ4v) is 1.98. The molecule has 2 atom stereocenters. The molecule has 2 N–H and O–H groups in total. The lowest BCUT2D eigenvalue weighted by Crippen LogP contribution is -2.52. The smallest absolute Gasteiger partial charge is 0.0772 e. The average Bonchev–Trinajstić information content (AvgIpc) is 1.92. The molecule has 1 aliphatic rings. The number of rotatable bonds is 2. The van der Waals surface area contributed by atoms with Crippen LogP contribution < -0.4 is 5.32 Å². The molecule has 1 rings (SSSR count). The van der Waals surface area contributed by atoms with Crippen molar-refractivity contribution in [3.63, 3.8) is 0 Å². The van der Waals surface area contributed by atoms with Gasteiger partial charge in [0.1, 0.15) is 0 Å². The minimum atomic E-state index is -0.484. The van der Waals surface area contributed by atoms with E-state index in [4.69, 9.17) is 0 Å². The zero-order chi connectivity index (χ0) is 9.19. The molecule has 0 spiro atoms. The highest BCUT2D eigenvalue weighted by Crippen LogP contribution is 2.28. The van der Waals surface area contributed by atoms with Crippen LogP contribution in [-0.2, 0) is 0 Å². The molecule has 0 radical (unpaired) electrons. The second-order valence-corrected chi connectivity index (χ2v) is 4.48. The first kappa shape index (κ1) is 10.0. The van der Waals surface area contributed by atoms with Crippen LogP contribution in [0.4, 0.5) is 0 Å². The molecule has 2 heteroatoms. The summed E-state index contributed by atoms with van der Waals surface area (Å²) in [6, 6.07) is 0.769. The summed E-state index contributed by atoms with van der Waals surface area (Å²) in [5, 5.41) is 13.4. The summed E-state index contributed by atoms with van der Waals surface area (Å²) in [6.45, 7) is 6.21. The number of aliphatic hydroxyl groups is 1. The van der Waals surface area contributed by atoms with E-state index in [9.17, 15) is 5.11 Å². The van der Waals surface area contributed by atoms with Crippen LogP contribution in [0.25, 0.3) is 0 Å². The lowest BCUT2D eigenvalue weighted by Gasteiger charge is -2.38. The predicted octanol–water partition coefficient (Wildman–Crippen LogP) is 1.68. The van der Waals surface area contributed by atoms with Gasteiger partial charge in [0, 0.05) is 12.1 Å². The van der Waals surface area contributed by atoms with Crippen LogP contribution in [0.5, 0.6) is 0 Å². The van der Waals surface area contributed by atoms with Crippen LogP contribution in [0.1, 0.15) is 46.5 Å². The zero-order valence-corrected chi connectivity index (χ0v) is 8.43. The highest BCUT2D eigenvalue weighted by atomic mass is 16.3. The normalized spacial score (nSPS) is 37.2. The third-order valence-electron chi connectivity index (χ3n) is 2.71. The molecule has 0 bridgehead atoms. The van der Waals surface area contributed by atoms with E-state index in [1.165, 1.54) is 12.8 Å². The Balaban J connectivity index is 2.48. The summed E-state index contributed by atoms with van der Waals surface area (Å²) in [5.41, 5.74) is -0.484. The van der Waals surface area contributed by atoms with Gasteiger partial charge in [0.25, 0.3) is 0 Å². The Morgan fingerprint density at radius 1 is 1.42 bits per heavy atom. The van der Waals surface area contributed by atoms with Gasteiger partial charge in [-0.2, -0.15) is 0 Å². The highest BCUT2D eigenvalue weighted by molar-refractivity contribution is 4.91. The topological polar surface area (TPSA) is 32.3 Å². The molecule has 0 aromatic rings. The molecule has 1 saturated carbocycles. The molecule has 1 aliphatic carbocycles. The minimum absolute atomic E-state index is 0.297. The van der Waals surface area contributed by atoms with Gasteiger partial charge in [-0.3, -0.25) is 0 Å². The third-order valence-corrected chi connectivity index (χ3v) is 2.71. The molecular formula is C10H21NO. The molecule has 0 saturated heterocycles. The first-order valence-electron chi connectivity index (χ1n) is 5.01. The fraction of sp³-hybridized carbons (Fsp3) is 1.00. The Hall–Kier alpha value is -0.0800. The van der Waals surface area contributed by atoms with Crippen LogP contribution in [0, 0.1) is 0 Å². The van der Waals surface area contributed by atoms with Gasteiger partial charge in [0.15, 0.2) is 0 Å². The maximum atomic E-state index is 10.0. The van der Waals surface area contributed by atoms with Crippen molar-refractivity contribution in [3.8, 4) is 0 Å². The monoisotopic (exact) mass is 171 g/mol. The van der Waals surface area contributed by atoms with Crippen molar-refractivity contribution in [3.05, 3.63) is 0 Å². The van der Waals surface area contributed by atoms with Crippen LogP contribution in [0.3, 0.4) is 0 Å². The molecular weight excluding hydrogens is 150 g/mol. The van der Waals surface area contributed by atoms with E-state index in [2.05, 4.69) is 19.2 Å². The molecule has 0 unspecified atom stereocenters. The van der Waals surface area contributed by atoms with Crippen molar-refractivity contribution >= 4 is 0 Å². The molecule has 12 heavy (non-hydrogen) atoms. The van der Waals surface area contributed by atoms with E-state index < -0.39 is 5.60 Å². The number of hydrogen-bond donors (Lipinski definition) is 2. The third kappa shape index (κ3) is 2.46. The second-order valence-electron chi connectivity index (χ2n) is 4.48. The zero-order valence-electron chi connectivity index (χ0n) is 8.43. The standard InChI is InChI=1S/C10H21NO/c1-8(2)11-9-6-4-5-7-10(9,3)12/h8-9,11-12H,4-7H2,1-3H3/t9-,10+/m0/s1. The number of hydrogen-bond acceptors (Lipinski definition) is 2. The highest BCUT2D eigenvalue weighted by Gasteiger charge is 2.34. The predicted molar refractivity (Wildman–Crippen MR) is 51.2 cm³/mol. The fourth-order valence-electron chi connectivity index (χ4n) is 1.98. The van der Waals surface area contributed by atoms with Crippen LogP contribution in [-0.4, -0.2) is 22.8 Å². The van der Waals surface area contributed by atoms with E-state index >= 15 is 0 Å². The Bertz CT molecular complexity index is 143. The van der Waals surface area contributed by atoms with E-state index in [-0.39, 0.29) is 0 Å². The summed E-state index contributed by atoms with van der Waals surface area (Å²) >= 11 is 0. The van der Waals surface area contributed by atoms with Gasteiger partial charge < -0.3 is 10.4 Å². The lowest BCUT2D eigenvalue weighted by atomic mass is 9.81. The van der Waals surface area contributed by atoms with Gasteiger partial charge in [0.05, 0.1) is 5.60 Å². The largest absolute Gasteiger partial charge is 0.389 e. The first-order chi connectivity index (χ1) is 5.52. The van der Waals surface area contributed by atoms with Gasteiger partial charge in [-0.1, -0.05) is 26.7 Å². The summed E-state index contributed by atoms with van der Waals surface area (Å²) < 4.78 is 0. The van der Waals surface area contributed by atoms with Gasteiger partial charge >= 0.3 is 0 Å². The van der Waals surface area contributed by atoms with Crippen LogP contribution in [0.15, 0.2) is 0 Å². The van der Waals surface area contributed by atoms with E-state index in [1.54, 1.807) is 0 Å². The summed E-state index contributed by atoms with van der Waals surface area (Å²) in [7, 11) is 0. The quantitative estimate of drug-likeness (QED) is 0.662. The Kier molecular flexibility index (Phi) is 3.13. The maximum absolute atomic E-state index is 10.0. The van der Waals surface area contributed by atoms with Gasteiger partial charge in [-0.05, 0) is 19.8 Å². The van der Waals surface area contributed by atoms with Crippen molar-refractivity contribution in [1.29, 1.82) is 0 Å². The van der Waals surface area contributed by atoms with Gasteiger partial charge in [-0.15, -0.1) is 0 Å². The summed E-state index contributed by atoms with van der Waals surface area (Å²) in [4.78, 5) is 0. The Labute approximate surface area is 75.4 Å². The van der Waals surface area contributed by atoms with E-state index in [0.29, 0.717) is 12.1 Å². The van der Waals surface area contributed by atoms with Crippen molar-refractivity contribution in [2.75, 3.05) is 0 Å². The average molecular weight is 171 g/mol. The van der Waals surface area contributed by atoms with Crippen LogP contribution >= 0.6 is 0 Å². The molecule has 72 valence electrons. The first-order valence-corrected chi connectivity index (χ1v) is 5.01. The molecule has 1 fully saturated rings.